The van der Waals surface area contributed by atoms with Gasteiger partial charge in [0.25, 0.3) is 5.56 Å². The fraction of sp³-hybridized carbons (Fsp3) is 0.500. The van der Waals surface area contributed by atoms with Crippen molar-refractivity contribution in [3.8, 4) is 5.75 Å². The minimum absolute atomic E-state index is 0.0402. The van der Waals surface area contributed by atoms with Crippen LogP contribution in [0.5, 0.6) is 5.75 Å². The quantitative estimate of drug-likeness (QED) is 0.486. The van der Waals surface area contributed by atoms with E-state index in [2.05, 4.69) is 4.98 Å². The van der Waals surface area contributed by atoms with E-state index in [1.54, 1.807) is 23.4 Å². The van der Waals surface area contributed by atoms with Crippen molar-refractivity contribution in [2.75, 3.05) is 13.1 Å². The van der Waals surface area contributed by atoms with Gasteiger partial charge in [0.2, 0.25) is 0 Å². The molecule has 0 unspecified atom stereocenters. The van der Waals surface area contributed by atoms with Crippen LogP contribution in [0, 0.1) is 0 Å². The number of imidazole rings is 1. The molecule has 0 radical (unpaired) electrons. The molecule has 0 atom stereocenters. The monoisotopic (exact) mass is 523 g/mol. The summed E-state index contributed by atoms with van der Waals surface area (Å²) >= 11 is 0. The molecule has 10 heteroatoms. The summed E-state index contributed by atoms with van der Waals surface area (Å²) in [6.45, 7) is 11.2. The first-order valence-electron chi connectivity index (χ1n) is 13.1. The van der Waals surface area contributed by atoms with Crippen LogP contribution in [0.4, 0.5) is 4.79 Å². The maximum absolute atomic E-state index is 12.9. The van der Waals surface area contributed by atoms with Gasteiger partial charge in [-0.25, -0.2) is 14.6 Å². The van der Waals surface area contributed by atoms with Crippen LogP contribution in [0.3, 0.4) is 0 Å². The van der Waals surface area contributed by atoms with Gasteiger partial charge in [-0.3, -0.25) is 13.9 Å². The van der Waals surface area contributed by atoms with Gasteiger partial charge >= 0.3 is 11.8 Å². The van der Waals surface area contributed by atoms with Crippen LogP contribution >= 0.6 is 0 Å². The van der Waals surface area contributed by atoms with Crippen LogP contribution in [0.25, 0.3) is 23.3 Å². The van der Waals surface area contributed by atoms with E-state index in [1.807, 2.05) is 64.1 Å². The molecule has 4 rings (SSSR count). The van der Waals surface area contributed by atoms with Gasteiger partial charge in [-0.1, -0.05) is 18.2 Å². The normalized spacial score (nSPS) is 14.9. The highest BCUT2D eigenvalue weighted by atomic mass is 16.6. The van der Waals surface area contributed by atoms with Crippen LogP contribution in [0.1, 0.15) is 58.8 Å². The molecule has 10 nitrogen and oxygen atoms in total. The van der Waals surface area contributed by atoms with E-state index in [-0.39, 0.29) is 23.4 Å². The molecule has 0 spiro atoms. The Bertz CT molecular complexity index is 1450. The number of amides is 1. The minimum Gasteiger partial charge on any atom is -0.490 e. The van der Waals surface area contributed by atoms with Crippen LogP contribution in [-0.4, -0.2) is 54.5 Å². The maximum Gasteiger partial charge on any atom is 0.410 e. The van der Waals surface area contributed by atoms with E-state index < -0.39 is 5.60 Å². The lowest BCUT2D eigenvalue weighted by Gasteiger charge is -2.33. The second-order valence-electron chi connectivity index (χ2n) is 10.5. The molecule has 3 aromatic rings. The number of rotatable bonds is 6. The topological polar surface area (TPSA) is 101 Å². The predicted molar refractivity (Wildman–Crippen MR) is 147 cm³/mol. The van der Waals surface area contributed by atoms with Crippen LogP contribution in [0.2, 0.25) is 0 Å². The van der Waals surface area contributed by atoms with Crippen molar-refractivity contribution in [2.45, 2.75) is 72.3 Å². The number of carbonyl (C=O) groups excluding carboxylic acids is 1. The molecule has 0 aliphatic carbocycles. The van der Waals surface area contributed by atoms with Crippen LogP contribution in [0.15, 0.2) is 33.9 Å². The number of ether oxygens (including phenoxy) is 2. The van der Waals surface area contributed by atoms with Crippen molar-refractivity contribution in [1.29, 1.82) is 0 Å². The van der Waals surface area contributed by atoms with E-state index in [0.29, 0.717) is 43.2 Å². The van der Waals surface area contributed by atoms with E-state index >= 15 is 0 Å². The third-order valence-electron chi connectivity index (χ3n) is 6.61. The number of aryl methyl sites for hydroxylation is 2. The Morgan fingerprint density at radius 2 is 1.66 bits per heavy atom. The summed E-state index contributed by atoms with van der Waals surface area (Å²) < 4.78 is 16.1. The van der Waals surface area contributed by atoms with Gasteiger partial charge in [-0.15, -0.1) is 0 Å². The third kappa shape index (κ3) is 5.69. The molecule has 0 saturated carbocycles. The van der Waals surface area contributed by atoms with Crippen molar-refractivity contribution in [1.82, 2.24) is 23.6 Å². The molecule has 1 saturated heterocycles. The highest BCUT2D eigenvalue weighted by Crippen LogP contribution is 2.22. The molecular weight excluding hydrogens is 486 g/mol. The third-order valence-corrected chi connectivity index (χ3v) is 6.61. The minimum atomic E-state index is -0.501. The Morgan fingerprint density at radius 3 is 2.24 bits per heavy atom. The Hall–Kier alpha value is -3.82. The van der Waals surface area contributed by atoms with Crippen LogP contribution < -0.4 is 16.0 Å². The molecule has 3 heterocycles. The zero-order valence-electron chi connectivity index (χ0n) is 23.1. The van der Waals surface area contributed by atoms with Gasteiger partial charge in [0.1, 0.15) is 23.3 Å². The number of benzene rings is 1. The number of hydrogen-bond donors (Lipinski definition) is 0. The number of aromatic nitrogens is 4. The van der Waals surface area contributed by atoms with Crippen molar-refractivity contribution >= 4 is 29.4 Å². The summed E-state index contributed by atoms with van der Waals surface area (Å²) in [4.78, 5) is 44.1. The van der Waals surface area contributed by atoms with Crippen molar-refractivity contribution < 1.29 is 14.3 Å². The molecule has 1 fully saturated rings. The molecule has 1 aliphatic heterocycles. The molecule has 1 aliphatic rings. The van der Waals surface area contributed by atoms with Crippen molar-refractivity contribution in [3.63, 3.8) is 0 Å². The molecular formula is C28H37N5O5. The van der Waals surface area contributed by atoms with Crippen LogP contribution in [-0.2, 0) is 24.9 Å². The maximum atomic E-state index is 12.9. The van der Waals surface area contributed by atoms with Crippen molar-refractivity contribution in [2.24, 2.45) is 7.05 Å². The van der Waals surface area contributed by atoms with Gasteiger partial charge in [0.05, 0.1) is 0 Å². The van der Waals surface area contributed by atoms with Crippen molar-refractivity contribution in [3.05, 3.63) is 56.5 Å². The number of likely N-dealkylation sites (tertiary alicyclic amines) is 1. The molecule has 2 aromatic heterocycles. The predicted octanol–water partition coefficient (Wildman–Crippen LogP) is 3.89. The summed E-state index contributed by atoms with van der Waals surface area (Å²) in [5.41, 5.74) is 0.588. The smallest absolute Gasteiger partial charge is 0.410 e. The Kier molecular flexibility index (Phi) is 7.80. The number of fused-ring (bicyclic) bond motifs is 1. The summed E-state index contributed by atoms with van der Waals surface area (Å²) in [6.07, 6.45) is 5.01. The first-order chi connectivity index (χ1) is 18.0. The molecule has 38 heavy (non-hydrogen) atoms. The SMILES string of the molecule is CCn1c(=O)c2c(nc(/C=C/c3ccc(OC4CCN(C(=O)OC(C)(C)C)CC4)cc3)n2C)n(CC)c1=O. The van der Waals surface area contributed by atoms with Gasteiger partial charge < -0.3 is 18.9 Å². The van der Waals surface area contributed by atoms with Gasteiger partial charge in [-0.2, -0.15) is 0 Å². The lowest BCUT2D eigenvalue weighted by molar-refractivity contribution is 0.0126. The first kappa shape index (κ1) is 27.2. The number of carbonyl (C=O) groups is 1. The van der Waals surface area contributed by atoms with Gasteiger partial charge in [-0.05, 0) is 58.4 Å². The zero-order chi connectivity index (χ0) is 27.6. The lowest BCUT2D eigenvalue weighted by Crippen LogP contribution is -2.44. The molecule has 0 N–H and O–H groups in total. The van der Waals surface area contributed by atoms with E-state index in [1.165, 1.54) is 9.13 Å². The zero-order valence-corrected chi connectivity index (χ0v) is 23.1. The van der Waals surface area contributed by atoms with Gasteiger partial charge in [0, 0.05) is 46.1 Å². The molecule has 0 bridgehead atoms. The summed E-state index contributed by atoms with van der Waals surface area (Å²) in [5, 5.41) is 0. The Morgan fingerprint density at radius 1 is 1.03 bits per heavy atom. The fourth-order valence-electron chi connectivity index (χ4n) is 4.60. The number of nitrogens with zero attached hydrogens (tertiary/aromatic N) is 5. The molecule has 1 amide bonds. The molecule has 1 aromatic carbocycles. The summed E-state index contributed by atoms with van der Waals surface area (Å²) in [6, 6.07) is 7.75. The fourth-order valence-corrected chi connectivity index (χ4v) is 4.60. The van der Waals surface area contributed by atoms with E-state index in [9.17, 15) is 14.4 Å². The Labute approximate surface area is 222 Å². The summed E-state index contributed by atoms with van der Waals surface area (Å²) in [5.74, 6) is 1.36. The lowest BCUT2D eigenvalue weighted by atomic mass is 10.1. The molecule has 204 valence electrons. The second-order valence-corrected chi connectivity index (χ2v) is 10.5. The van der Waals surface area contributed by atoms with Gasteiger partial charge in [0.15, 0.2) is 11.2 Å². The highest BCUT2D eigenvalue weighted by Gasteiger charge is 2.27. The van der Waals surface area contributed by atoms with E-state index in [4.69, 9.17) is 9.47 Å². The average molecular weight is 524 g/mol. The number of hydrogen-bond acceptors (Lipinski definition) is 6. The number of piperidine rings is 1. The average Bonchev–Trinajstić information content (AvgIpc) is 3.19. The highest BCUT2D eigenvalue weighted by molar-refractivity contribution is 5.76. The first-order valence-corrected chi connectivity index (χ1v) is 13.1. The summed E-state index contributed by atoms with van der Waals surface area (Å²) in [7, 11) is 1.78. The Balaban J connectivity index is 1.42. The van der Waals surface area contributed by atoms with E-state index in [0.717, 1.165) is 24.2 Å². The standard InChI is InChI=1S/C28H37N5O5/c1-7-32-24-23(25(34)33(8-2)26(32)35)30(6)22(29-24)14-11-19-9-12-20(13-10-19)37-21-15-17-31(18-16-21)27(36)38-28(3,4)5/h9-14,21H,7-8,15-18H2,1-6H3/b14-11+. The largest absolute Gasteiger partial charge is 0.490 e. The second kappa shape index (κ2) is 10.9.